The number of aliphatic hydroxyl groups excluding tert-OH is 1. The van der Waals surface area contributed by atoms with E-state index in [1.807, 2.05) is 6.20 Å². The molecule has 1 fully saturated rings. The molecule has 1 N–H and O–H groups in total. The lowest BCUT2D eigenvalue weighted by Crippen LogP contribution is -2.35. The molecule has 0 spiro atoms. The van der Waals surface area contributed by atoms with Crippen LogP contribution in [0.2, 0.25) is 0 Å². The molecule has 1 aliphatic rings. The van der Waals surface area contributed by atoms with Gasteiger partial charge in [0.15, 0.2) is 0 Å². The van der Waals surface area contributed by atoms with E-state index in [1.54, 1.807) is 0 Å². The fourth-order valence-corrected chi connectivity index (χ4v) is 2.21. The zero-order valence-corrected chi connectivity index (χ0v) is 10.8. The Kier molecular flexibility index (Phi) is 4.00. The molecular formula is C14H22N2O. The molecule has 3 heteroatoms. The molecule has 1 atom stereocenters. The second kappa shape index (κ2) is 5.50. The van der Waals surface area contributed by atoms with E-state index in [0.717, 1.165) is 32.4 Å². The lowest BCUT2D eigenvalue weighted by molar-refractivity contribution is 0.145. The largest absolute Gasteiger partial charge is 0.393 e. The Morgan fingerprint density at radius 1 is 1.41 bits per heavy atom. The Bertz CT molecular complexity index is 342. The van der Waals surface area contributed by atoms with Crippen molar-refractivity contribution in [2.24, 2.45) is 0 Å². The average Bonchev–Trinajstić information content (AvgIpc) is 2.39. The molecule has 1 saturated heterocycles. The minimum absolute atomic E-state index is 0.112. The fourth-order valence-electron chi connectivity index (χ4n) is 2.21. The molecule has 1 aromatic heterocycles. The van der Waals surface area contributed by atoms with E-state index in [4.69, 9.17) is 0 Å². The number of pyridine rings is 1. The van der Waals surface area contributed by atoms with Crippen LogP contribution in [0.4, 0.5) is 5.69 Å². The van der Waals surface area contributed by atoms with Crippen molar-refractivity contribution in [1.82, 2.24) is 4.98 Å². The van der Waals surface area contributed by atoms with Gasteiger partial charge in [0.2, 0.25) is 0 Å². The van der Waals surface area contributed by atoms with Crippen molar-refractivity contribution < 1.29 is 5.11 Å². The van der Waals surface area contributed by atoms with Crippen molar-refractivity contribution in [2.45, 2.75) is 45.1 Å². The number of rotatable bonds is 3. The van der Waals surface area contributed by atoms with E-state index in [-0.39, 0.29) is 6.10 Å². The first-order valence-corrected chi connectivity index (χ1v) is 6.59. The Hall–Kier alpha value is -1.09. The van der Waals surface area contributed by atoms with E-state index >= 15 is 0 Å². The van der Waals surface area contributed by atoms with E-state index in [1.165, 1.54) is 11.4 Å². The number of aromatic nitrogens is 1. The first-order chi connectivity index (χ1) is 8.20. The molecule has 1 aromatic rings. The zero-order valence-electron chi connectivity index (χ0n) is 10.8. The molecule has 1 aliphatic heterocycles. The molecule has 2 rings (SSSR count). The van der Waals surface area contributed by atoms with Crippen molar-refractivity contribution in [1.29, 1.82) is 0 Å². The van der Waals surface area contributed by atoms with Crippen LogP contribution in [0.1, 0.15) is 44.7 Å². The lowest BCUT2D eigenvalue weighted by Gasteiger charge is -2.31. The normalized spacial score (nSPS) is 19.4. The van der Waals surface area contributed by atoms with Crippen LogP contribution >= 0.6 is 0 Å². The Morgan fingerprint density at radius 2 is 2.12 bits per heavy atom. The van der Waals surface area contributed by atoms with Crippen LogP contribution in [0.15, 0.2) is 18.3 Å². The first-order valence-electron chi connectivity index (χ1n) is 6.59. The van der Waals surface area contributed by atoms with Gasteiger partial charge in [0.05, 0.1) is 18.0 Å². The van der Waals surface area contributed by atoms with Crippen LogP contribution in [0.25, 0.3) is 0 Å². The molecule has 0 saturated carbocycles. The summed E-state index contributed by atoms with van der Waals surface area (Å²) in [5.41, 5.74) is 2.36. The minimum atomic E-state index is -0.112. The summed E-state index contributed by atoms with van der Waals surface area (Å²) in [6.45, 7) is 6.27. The lowest BCUT2D eigenvalue weighted by atomic mass is 10.0. The molecular weight excluding hydrogens is 212 g/mol. The summed E-state index contributed by atoms with van der Waals surface area (Å²) in [6, 6.07) is 4.29. The number of nitrogens with zero attached hydrogens (tertiary/aromatic N) is 2. The number of hydrogen-bond acceptors (Lipinski definition) is 3. The van der Waals surface area contributed by atoms with Crippen LogP contribution in [0.5, 0.6) is 0 Å². The molecule has 0 amide bonds. The second-order valence-corrected chi connectivity index (χ2v) is 4.97. The van der Waals surface area contributed by atoms with Gasteiger partial charge in [0.1, 0.15) is 0 Å². The van der Waals surface area contributed by atoms with Gasteiger partial charge in [-0.25, -0.2) is 0 Å². The van der Waals surface area contributed by atoms with Crippen molar-refractivity contribution in [3.05, 3.63) is 24.0 Å². The molecule has 0 bridgehead atoms. The highest BCUT2D eigenvalue weighted by Gasteiger charge is 2.17. The Morgan fingerprint density at radius 3 is 2.65 bits per heavy atom. The number of anilines is 1. The third kappa shape index (κ3) is 2.97. The fraction of sp³-hybridized carbons (Fsp3) is 0.643. The SMILES string of the molecule is CCC(C)c1ccc(N2CCC(O)CC2)cn1. The van der Waals surface area contributed by atoms with E-state index in [9.17, 15) is 5.11 Å². The van der Waals surface area contributed by atoms with E-state index in [2.05, 4.69) is 35.9 Å². The van der Waals surface area contributed by atoms with E-state index in [0.29, 0.717) is 5.92 Å². The summed E-state index contributed by atoms with van der Waals surface area (Å²) < 4.78 is 0. The Labute approximate surface area is 103 Å². The van der Waals surface area contributed by atoms with Crippen LogP contribution < -0.4 is 4.90 Å². The van der Waals surface area contributed by atoms with Crippen LogP contribution in [0.3, 0.4) is 0 Å². The number of hydrogen-bond donors (Lipinski definition) is 1. The standard InChI is InChI=1S/C14H22N2O/c1-3-11(2)14-5-4-12(10-15-14)16-8-6-13(17)7-9-16/h4-5,10-11,13,17H,3,6-9H2,1-2H3. The van der Waals surface area contributed by atoms with Gasteiger partial charge >= 0.3 is 0 Å². The highest BCUT2D eigenvalue weighted by molar-refractivity contribution is 5.45. The van der Waals surface area contributed by atoms with Crippen molar-refractivity contribution in [3.63, 3.8) is 0 Å². The molecule has 0 aliphatic carbocycles. The predicted octanol–water partition coefficient (Wildman–Crippen LogP) is 2.56. The van der Waals surface area contributed by atoms with Gasteiger partial charge in [0, 0.05) is 18.8 Å². The van der Waals surface area contributed by atoms with Crippen molar-refractivity contribution in [3.8, 4) is 0 Å². The van der Waals surface area contributed by atoms with Gasteiger partial charge in [0.25, 0.3) is 0 Å². The molecule has 3 nitrogen and oxygen atoms in total. The molecule has 1 unspecified atom stereocenters. The highest BCUT2D eigenvalue weighted by Crippen LogP contribution is 2.22. The summed E-state index contributed by atoms with van der Waals surface area (Å²) in [6.07, 6.45) is 4.72. The summed E-state index contributed by atoms with van der Waals surface area (Å²) in [5, 5.41) is 9.48. The summed E-state index contributed by atoms with van der Waals surface area (Å²) >= 11 is 0. The van der Waals surface area contributed by atoms with Gasteiger partial charge in [-0.3, -0.25) is 4.98 Å². The van der Waals surface area contributed by atoms with Gasteiger partial charge < -0.3 is 10.0 Å². The maximum absolute atomic E-state index is 9.48. The quantitative estimate of drug-likeness (QED) is 0.873. The zero-order chi connectivity index (χ0) is 12.3. The predicted molar refractivity (Wildman–Crippen MR) is 70.4 cm³/mol. The molecule has 0 aromatic carbocycles. The van der Waals surface area contributed by atoms with Gasteiger partial charge in [-0.2, -0.15) is 0 Å². The molecule has 94 valence electrons. The van der Waals surface area contributed by atoms with Crippen molar-refractivity contribution in [2.75, 3.05) is 18.0 Å². The van der Waals surface area contributed by atoms with Crippen LogP contribution in [0, 0.1) is 0 Å². The van der Waals surface area contributed by atoms with Crippen molar-refractivity contribution >= 4 is 5.69 Å². The molecule has 2 heterocycles. The monoisotopic (exact) mass is 234 g/mol. The maximum Gasteiger partial charge on any atom is 0.0574 e. The minimum Gasteiger partial charge on any atom is -0.393 e. The van der Waals surface area contributed by atoms with E-state index < -0.39 is 0 Å². The van der Waals surface area contributed by atoms with Gasteiger partial charge in [-0.1, -0.05) is 13.8 Å². The number of aliphatic hydroxyl groups is 1. The van der Waals surface area contributed by atoms with Crippen LogP contribution in [-0.2, 0) is 0 Å². The second-order valence-electron chi connectivity index (χ2n) is 4.97. The topological polar surface area (TPSA) is 36.4 Å². The third-order valence-electron chi connectivity index (χ3n) is 3.72. The molecule has 17 heavy (non-hydrogen) atoms. The smallest absolute Gasteiger partial charge is 0.0574 e. The van der Waals surface area contributed by atoms with Crippen LogP contribution in [-0.4, -0.2) is 29.3 Å². The summed E-state index contributed by atoms with van der Waals surface area (Å²) in [7, 11) is 0. The third-order valence-corrected chi connectivity index (χ3v) is 3.72. The summed E-state index contributed by atoms with van der Waals surface area (Å²) in [5.74, 6) is 0.534. The summed E-state index contributed by atoms with van der Waals surface area (Å²) in [4.78, 5) is 6.85. The Balaban J connectivity index is 2.02. The molecule has 0 radical (unpaired) electrons. The maximum atomic E-state index is 9.48. The average molecular weight is 234 g/mol. The van der Waals surface area contributed by atoms with Gasteiger partial charge in [-0.05, 0) is 37.3 Å². The highest BCUT2D eigenvalue weighted by atomic mass is 16.3. The first kappa shape index (κ1) is 12.4. The van der Waals surface area contributed by atoms with Gasteiger partial charge in [-0.15, -0.1) is 0 Å². The number of piperidine rings is 1.